The maximum atomic E-state index is 13.5. The lowest BCUT2D eigenvalue weighted by Crippen LogP contribution is -2.40. The van der Waals surface area contributed by atoms with E-state index in [0.29, 0.717) is 42.5 Å². The highest BCUT2D eigenvalue weighted by atomic mass is 35.5. The van der Waals surface area contributed by atoms with Gasteiger partial charge in [-0.2, -0.15) is 26.3 Å². The lowest BCUT2D eigenvalue weighted by molar-refractivity contribution is -0.143. The smallest absolute Gasteiger partial charge is 0.353 e. The number of fused-ring (bicyclic) bond motifs is 1. The van der Waals surface area contributed by atoms with Gasteiger partial charge in [0.15, 0.2) is 0 Å². The SMILES string of the molecule is CN(CC(CCN1CCC(Nc2nc3c(Cc4ccccn4)cccc3[nH]2)CC1)c1ccc(Cl)c(Cl)c1)C(=O)c1cc(C(F)(F)F)cc(C(F)(F)F)c1. The first-order valence-electron chi connectivity index (χ1n) is 17.0. The van der Waals surface area contributed by atoms with E-state index in [2.05, 4.69) is 20.2 Å². The molecule has 2 aromatic heterocycles. The van der Waals surface area contributed by atoms with Crippen LogP contribution in [0.1, 0.15) is 63.5 Å². The summed E-state index contributed by atoms with van der Waals surface area (Å²) in [4.78, 5) is 29.5. The van der Waals surface area contributed by atoms with E-state index in [9.17, 15) is 31.1 Å². The first kappa shape index (κ1) is 38.4. The van der Waals surface area contributed by atoms with E-state index in [1.54, 1.807) is 24.4 Å². The first-order chi connectivity index (χ1) is 25.1. The first-order valence-corrected chi connectivity index (χ1v) is 17.8. The van der Waals surface area contributed by atoms with Crippen LogP contribution < -0.4 is 5.32 Å². The average Bonchev–Trinajstić information content (AvgIpc) is 3.54. The van der Waals surface area contributed by atoms with Crippen LogP contribution in [0.15, 0.2) is 79.0 Å². The third-order valence-corrected chi connectivity index (χ3v) is 10.2. The molecule has 6 rings (SSSR count). The van der Waals surface area contributed by atoms with Gasteiger partial charge in [0, 0.05) is 62.5 Å². The Kier molecular flexibility index (Phi) is 11.6. The van der Waals surface area contributed by atoms with Gasteiger partial charge in [0.25, 0.3) is 5.91 Å². The molecule has 1 saturated heterocycles. The Bertz CT molecular complexity index is 2010. The zero-order valence-electron chi connectivity index (χ0n) is 28.5. The fourth-order valence-electron chi connectivity index (χ4n) is 6.67. The summed E-state index contributed by atoms with van der Waals surface area (Å²) in [7, 11) is 1.36. The summed E-state index contributed by atoms with van der Waals surface area (Å²) >= 11 is 12.5. The van der Waals surface area contributed by atoms with Gasteiger partial charge >= 0.3 is 12.4 Å². The fraction of sp³-hybridized carbons (Fsp3) is 0.342. The molecular formula is C38H36Cl2F6N6O. The number of pyridine rings is 1. The number of aromatic nitrogens is 3. The topological polar surface area (TPSA) is 77.2 Å². The number of carbonyl (C=O) groups excluding carboxylic acids is 1. The number of likely N-dealkylation sites (tertiary alicyclic amines) is 1. The molecule has 0 saturated carbocycles. The van der Waals surface area contributed by atoms with Crippen LogP contribution in [-0.2, 0) is 18.8 Å². The van der Waals surface area contributed by atoms with E-state index in [4.69, 9.17) is 28.2 Å². The Morgan fingerprint density at radius 1 is 0.943 bits per heavy atom. The van der Waals surface area contributed by atoms with Crippen LogP contribution in [0.25, 0.3) is 11.0 Å². The monoisotopic (exact) mass is 776 g/mol. The zero-order valence-corrected chi connectivity index (χ0v) is 30.0. The summed E-state index contributed by atoms with van der Waals surface area (Å²) < 4.78 is 81.0. The number of nitrogens with one attached hydrogen (secondary N) is 2. The molecule has 3 heterocycles. The van der Waals surface area contributed by atoms with Crippen LogP contribution in [-0.4, -0.2) is 69.9 Å². The van der Waals surface area contributed by atoms with Crippen molar-refractivity contribution in [3.05, 3.63) is 123 Å². The van der Waals surface area contributed by atoms with Gasteiger partial charge in [-0.25, -0.2) is 4.98 Å². The van der Waals surface area contributed by atoms with Crippen molar-refractivity contribution in [2.75, 3.05) is 38.5 Å². The number of aromatic amines is 1. The zero-order chi connectivity index (χ0) is 37.9. The number of imidazole rings is 1. The third kappa shape index (κ3) is 9.62. The highest BCUT2D eigenvalue weighted by Gasteiger charge is 2.38. The maximum Gasteiger partial charge on any atom is 0.416 e. The maximum absolute atomic E-state index is 13.5. The number of nitrogens with zero attached hydrogens (tertiary/aromatic N) is 4. The van der Waals surface area contributed by atoms with Crippen molar-refractivity contribution in [3.63, 3.8) is 0 Å². The number of rotatable bonds is 11. The number of benzene rings is 3. The number of hydrogen-bond donors (Lipinski definition) is 2. The van der Waals surface area contributed by atoms with E-state index in [1.807, 2.05) is 36.4 Å². The van der Waals surface area contributed by atoms with Gasteiger partial charge in [-0.1, -0.05) is 47.5 Å². The molecule has 1 amide bonds. The highest BCUT2D eigenvalue weighted by molar-refractivity contribution is 6.42. The van der Waals surface area contributed by atoms with E-state index in [1.165, 1.54) is 7.05 Å². The van der Waals surface area contributed by atoms with Gasteiger partial charge < -0.3 is 20.1 Å². The van der Waals surface area contributed by atoms with Gasteiger partial charge in [-0.3, -0.25) is 9.78 Å². The quantitative estimate of drug-likeness (QED) is 0.131. The van der Waals surface area contributed by atoms with Gasteiger partial charge in [0.2, 0.25) is 5.95 Å². The lowest BCUT2D eigenvalue weighted by atomic mass is 9.93. The van der Waals surface area contributed by atoms with Crippen LogP contribution in [0.3, 0.4) is 0 Å². The Morgan fingerprint density at radius 3 is 2.30 bits per heavy atom. The molecule has 0 bridgehead atoms. The number of hydrogen-bond acceptors (Lipinski definition) is 5. The average molecular weight is 778 g/mol. The molecule has 0 radical (unpaired) electrons. The highest BCUT2D eigenvalue weighted by Crippen LogP contribution is 2.37. The number of para-hydroxylation sites is 1. The molecular weight excluding hydrogens is 741 g/mol. The number of amides is 1. The Morgan fingerprint density at radius 2 is 1.66 bits per heavy atom. The molecule has 3 aromatic carbocycles. The summed E-state index contributed by atoms with van der Waals surface area (Å²) in [6.07, 6.45) is -5.50. The summed E-state index contributed by atoms with van der Waals surface area (Å²) in [5, 5.41) is 4.16. The fourth-order valence-corrected chi connectivity index (χ4v) is 6.98. The molecule has 1 atom stereocenters. The molecule has 0 spiro atoms. The summed E-state index contributed by atoms with van der Waals surface area (Å²) in [5.74, 6) is -0.617. The van der Waals surface area contributed by atoms with Crippen LogP contribution in [0, 0.1) is 0 Å². The van der Waals surface area contributed by atoms with Crippen LogP contribution in [0.4, 0.5) is 32.3 Å². The molecule has 1 aliphatic heterocycles. The van der Waals surface area contributed by atoms with Crippen LogP contribution in [0.5, 0.6) is 0 Å². The second-order valence-corrected chi connectivity index (χ2v) is 14.1. The molecule has 1 aliphatic rings. The normalized spacial score (nSPS) is 15.1. The Balaban J connectivity index is 1.10. The molecule has 2 N–H and O–H groups in total. The number of halogens is 8. The van der Waals surface area contributed by atoms with E-state index < -0.39 is 35.0 Å². The molecule has 1 fully saturated rings. The van der Waals surface area contributed by atoms with Crippen molar-refractivity contribution < 1.29 is 31.1 Å². The van der Waals surface area contributed by atoms with E-state index in [-0.39, 0.29) is 29.6 Å². The number of carbonyl (C=O) groups is 1. The second kappa shape index (κ2) is 16.0. The minimum absolute atomic E-state index is 0.00551. The van der Waals surface area contributed by atoms with Crippen molar-refractivity contribution in [2.24, 2.45) is 0 Å². The largest absolute Gasteiger partial charge is 0.416 e. The van der Waals surface area contributed by atoms with E-state index >= 15 is 0 Å². The molecule has 5 aromatic rings. The third-order valence-electron chi connectivity index (χ3n) is 9.51. The van der Waals surface area contributed by atoms with Crippen molar-refractivity contribution >= 4 is 46.1 Å². The van der Waals surface area contributed by atoms with Gasteiger partial charge in [0.05, 0.1) is 32.2 Å². The molecule has 280 valence electrons. The number of likely N-dealkylation sites (N-methyl/N-ethyl adjacent to an activating group) is 1. The van der Waals surface area contributed by atoms with Crippen molar-refractivity contribution in [2.45, 2.75) is 50.0 Å². The lowest BCUT2D eigenvalue weighted by Gasteiger charge is -2.34. The predicted octanol–water partition coefficient (Wildman–Crippen LogP) is 9.72. The van der Waals surface area contributed by atoms with Crippen molar-refractivity contribution in [1.82, 2.24) is 24.8 Å². The Labute approximate surface area is 312 Å². The minimum atomic E-state index is -5.07. The Hall–Kier alpha value is -4.33. The number of anilines is 1. The van der Waals surface area contributed by atoms with Gasteiger partial charge in [-0.05, 0) is 85.5 Å². The predicted molar refractivity (Wildman–Crippen MR) is 193 cm³/mol. The minimum Gasteiger partial charge on any atom is -0.353 e. The van der Waals surface area contributed by atoms with Gasteiger partial charge in [0.1, 0.15) is 0 Å². The molecule has 1 unspecified atom stereocenters. The summed E-state index contributed by atoms with van der Waals surface area (Å²) in [5.41, 5.74) is 0.800. The van der Waals surface area contributed by atoms with Crippen molar-refractivity contribution in [3.8, 4) is 0 Å². The summed E-state index contributed by atoms with van der Waals surface area (Å²) in [6.45, 7) is 2.19. The molecule has 53 heavy (non-hydrogen) atoms. The number of H-pyrrole nitrogens is 1. The van der Waals surface area contributed by atoms with Crippen LogP contribution in [0.2, 0.25) is 10.0 Å². The number of piperidine rings is 1. The van der Waals surface area contributed by atoms with E-state index in [0.717, 1.165) is 58.7 Å². The van der Waals surface area contributed by atoms with Crippen molar-refractivity contribution in [1.29, 1.82) is 0 Å². The molecule has 15 heteroatoms. The number of alkyl halides is 6. The van der Waals surface area contributed by atoms with Gasteiger partial charge in [-0.15, -0.1) is 0 Å². The molecule has 0 aliphatic carbocycles. The van der Waals surface area contributed by atoms with Crippen LogP contribution >= 0.6 is 23.2 Å². The second-order valence-electron chi connectivity index (χ2n) is 13.3. The molecule has 7 nitrogen and oxygen atoms in total. The summed E-state index contributed by atoms with van der Waals surface area (Å²) in [6, 6.07) is 18.0. The standard InChI is InChI=1S/C38H36Cl2F6N6O/c1-51(35(53)26-17-27(37(41,42)43)21-28(18-26)38(44,45)46)22-25(23-8-9-31(39)32(40)20-23)10-14-52-15-11-29(12-16-52)48-36-49-33-7-4-5-24(34(33)50-36)19-30-6-2-3-13-47-30/h2-9,13,17-18,20-21,25,29H,10-12,14-16,19,22H2,1H3,(H2,48,49,50).